The molecule has 0 unspecified atom stereocenters. The largest absolute Gasteiger partial charge is 0.530 e. The van der Waals surface area contributed by atoms with Gasteiger partial charge in [0.2, 0.25) is 0 Å². The summed E-state index contributed by atoms with van der Waals surface area (Å²) in [5, 5.41) is 10.1. The summed E-state index contributed by atoms with van der Waals surface area (Å²) in [5.41, 5.74) is 4.77. The van der Waals surface area contributed by atoms with E-state index in [0.717, 1.165) is 64.6 Å². The highest BCUT2D eigenvalue weighted by Crippen LogP contribution is 2.56. The normalized spacial score (nSPS) is 11.3. The molecule has 0 aliphatic rings. The zero-order valence-corrected chi connectivity index (χ0v) is 49.5. The number of carbonyl (C=O) groups excluding carboxylic acids is 3. The van der Waals surface area contributed by atoms with E-state index in [2.05, 4.69) is 0 Å². The van der Waals surface area contributed by atoms with E-state index >= 15 is 0 Å². The number of carbonyl (C=O) groups is 3. The van der Waals surface area contributed by atoms with Crippen LogP contribution in [0.4, 0.5) is 0 Å². The Kier molecular flexibility index (Phi) is 14.9. The minimum atomic E-state index is -2.72. The standard InChI is InChI=1S/C81H51O9P/c82-79(58-28-4-1-5-29-58)85-67-46-40-52-22-10-16-34-61(52)73(67)76-64-37-19-13-25-55(64)43-49-70(76)88-91(89-71-50-44-56-26-14-20-38-65(56)77(71)74-62-35-17-11-23-53(62)41-47-68(74)86-80(83)59-30-6-2-7-31-59)90-72-51-45-57-27-15-21-39-66(57)78(72)75-63-36-18-12-24-54(63)42-48-69(75)87-81(84)60-32-8-3-9-33-60/h1-51H. The molecule has 0 saturated carbocycles. The molecule has 15 rings (SSSR count). The Bertz CT molecular complexity index is 4800. The van der Waals surface area contributed by atoms with Crippen molar-refractivity contribution in [2.45, 2.75) is 0 Å². The van der Waals surface area contributed by atoms with Crippen molar-refractivity contribution in [1.29, 1.82) is 0 Å². The predicted molar refractivity (Wildman–Crippen MR) is 364 cm³/mol. The number of rotatable bonds is 15. The van der Waals surface area contributed by atoms with Crippen LogP contribution in [0.5, 0.6) is 34.5 Å². The van der Waals surface area contributed by atoms with Crippen molar-refractivity contribution in [3.63, 3.8) is 0 Å². The number of hydrogen-bond acceptors (Lipinski definition) is 9. The van der Waals surface area contributed by atoms with E-state index < -0.39 is 26.5 Å². The second-order valence-corrected chi connectivity index (χ2v) is 22.7. The lowest BCUT2D eigenvalue weighted by atomic mass is 9.92. The van der Waals surface area contributed by atoms with E-state index in [0.29, 0.717) is 84.6 Å². The molecule has 0 saturated heterocycles. The molecule has 91 heavy (non-hydrogen) atoms. The van der Waals surface area contributed by atoms with Crippen molar-refractivity contribution in [1.82, 2.24) is 0 Å². The lowest BCUT2D eigenvalue weighted by molar-refractivity contribution is 0.0726. The average Bonchev–Trinajstić information content (AvgIpc) is 0.817. The molecule has 0 bridgehead atoms. The Labute approximate surface area is 524 Å². The maximum Gasteiger partial charge on any atom is 0.530 e. The molecule has 0 atom stereocenters. The Hall–Kier alpha value is -11.9. The van der Waals surface area contributed by atoms with Crippen LogP contribution in [0.3, 0.4) is 0 Å². The van der Waals surface area contributed by atoms with Crippen molar-refractivity contribution in [3.8, 4) is 67.9 Å². The first-order valence-corrected chi connectivity index (χ1v) is 30.8. The van der Waals surface area contributed by atoms with Crippen LogP contribution < -0.4 is 27.8 Å². The molecule has 10 heteroatoms. The van der Waals surface area contributed by atoms with E-state index in [1.54, 1.807) is 72.8 Å². The van der Waals surface area contributed by atoms with E-state index in [1.807, 2.05) is 237 Å². The number of fused-ring (bicyclic) bond motifs is 6. The molecule has 0 amide bonds. The molecular formula is C81H51O9P. The van der Waals surface area contributed by atoms with Gasteiger partial charge >= 0.3 is 26.5 Å². The molecule has 0 spiro atoms. The van der Waals surface area contributed by atoms with Gasteiger partial charge in [-0.1, -0.05) is 237 Å². The van der Waals surface area contributed by atoms with Gasteiger partial charge in [-0.05, 0) is 137 Å². The van der Waals surface area contributed by atoms with Gasteiger partial charge in [-0.2, -0.15) is 0 Å². The third-order valence-electron chi connectivity index (χ3n) is 16.2. The van der Waals surface area contributed by atoms with Crippen molar-refractivity contribution >= 4 is 91.1 Å². The van der Waals surface area contributed by atoms with Gasteiger partial charge in [0.25, 0.3) is 0 Å². The summed E-state index contributed by atoms with van der Waals surface area (Å²) in [6.45, 7) is 0. The third kappa shape index (κ3) is 10.9. The van der Waals surface area contributed by atoms with Crippen LogP contribution in [0.1, 0.15) is 31.1 Å². The van der Waals surface area contributed by atoms with Crippen LogP contribution in [0.15, 0.2) is 309 Å². The van der Waals surface area contributed by atoms with Crippen molar-refractivity contribution in [2.24, 2.45) is 0 Å². The van der Waals surface area contributed by atoms with E-state index in [4.69, 9.17) is 27.8 Å². The Morgan fingerprint density at radius 2 is 0.385 bits per heavy atom. The zero-order chi connectivity index (χ0) is 61.2. The van der Waals surface area contributed by atoms with Gasteiger partial charge in [-0.25, -0.2) is 14.4 Å². The third-order valence-corrected chi connectivity index (χ3v) is 17.3. The Balaban J connectivity index is 0.975. The smallest absolute Gasteiger partial charge is 0.422 e. The number of benzene rings is 15. The van der Waals surface area contributed by atoms with E-state index in [9.17, 15) is 14.4 Å². The van der Waals surface area contributed by atoms with Gasteiger partial charge in [-0.3, -0.25) is 0 Å². The predicted octanol–water partition coefficient (Wildman–Crippen LogP) is 21.0. The molecule has 434 valence electrons. The highest BCUT2D eigenvalue weighted by atomic mass is 31.2. The highest BCUT2D eigenvalue weighted by Gasteiger charge is 2.32. The summed E-state index contributed by atoms with van der Waals surface area (Å²) >= 11 is 0. The first kappa shape index (κ1) is 55.7. The molecular weight excluding hydrogens is 1150 g/mol. The second-order valence-electron chi connectivity index (χ2n) is 21.7. The molecule has 0 aliphatic carbocycles. The van der Waals surface area contributed by atoms with Gasteiger partial charge in [0.1, 0.15) is 34.5 Å². The minimum absolute atomic E-state index is 0.302. The lowest BCUT2D eigenvalue weighted by Crippen LogP contribution is -2.10. The summed E-state index contributed by atoms with van der Waals surface area (Å²) in [4.78, 5) is 42.8. The topological polar surface area (TPSA) is 107 Å². The first-order valence-electron chi connectivity index (χ1n) is 29.7. The minimum Gasteiger partial charge on any atom is -0.422 e. The number of ether oxygens (including phenoxy) is 3. The quantitative estimate of drug-likeness (QED) is 0.0563. The summed E-state index contributed by atoms with van der Waals surface area (Å²) in [7, 11) is -2.72. The molecule has 0 heterocycles. The molecule has 15 aromatic rings. The van der Waals surface area contributed by atoms with Gasteiger partial charge in [0.15, 0.2) is 0 Å². The summed E-state index contributed by atoms with van der Waals surface area (Å²) in [6, 6.07) is 97.5. The van der Waals surface area contributed by atoms with Crippen LogP contribution in [0.2, 0.25) is 0 Å². The van der Waals surface area contributed by atoms with Crippen LogP contribution in [-0.2, 0) is 0 Å². The summed E-state index contributed by atoms with van der Waals surface area (Å²) in [5.74, 6) is 0.319. The molecule has 15 aromatic carbocycles. The van der Waals surface area contributed by atoms with E-state index in [-0.39, 0.29) is 0 Å². The average molecular weight is 1200 g/mol. The summed E-state index contributed by atoms with van der Waals surface area (Å²) < 4.78 is 42.3. The van der Waals surface area contributed by atoms with E-state index in [1.165, 1.54) is 0 Å². The maximum absolute atomic E-state index is 14.3. The van der Waals surface area contributed by atoms with Crippen LogP contribution >= 0.6 is 8.60 Å². The monoisotopic (exact) mass is 1200 g/mol. The molecule has 0 aromatic heterocycles. The second kappa shape index (κ2) is 24.3. The number of hydrogen-bond donors (Lipinski definition) is 0. The fraction of sp³-hybridized carbons (Fsp3) is 0. The fourth-order valence-electron chi connectivity index (χ4n) is 12.0. The van der Waals surface area contributed by atoms with Crippen LogP contribution in [-0.4, -0.2) is 17.9 Å². The van der Waals surface area contributed by atoms with Gasteiger partial charge in [-0.15, -0.1) is 0 Å². The Morgan fingerprint density at radius 3 is 0.615 bits per heavy atom. The summed E-state index contributed by atoms with van der Waals surface area (Å²) in [6.07, 6.45) is 0. The van der Waals surface area contributed by atoms with Gasteiger partial charge in [0, 0.05) is 33.4 Å². The zero-order valence-electron chi connectivity index (χ0n) is 48.6. The van der Waals surface area contributed by atoms with Crippen LogP contribution in [0, 0.1) is 0 Å². The van der Waals surface area contributed by atoms with Crippen molar-refractivity contribution < 1.29 is 42.2 Å². The molecule has 0 aliphatic heterocycles. The molecule has 9 nitrogen and oxygen atoms in total. The Morgan fingerprint density at radius 1 is 0.198 bits per heavy atom. The van der Waals surface area contributed by atoms with Crippen molar-refractivity contribution in [3.05, 3.63) is 326 Å². The van der Waals surface area contributed by atoms with Gasteiger partial charge < -0.3 is 27.8 Å². The van der Waals surface area contributed by atoms with Gasteiger partial charge in [0.05, 0.1) is 16.7 Å². The highest BCUT2D eigenvalue weighted by molar-refractivity contribution is 7.43. The number of esters is 3. The lowest BCUT2D eigenvalue weighted by Gasteiger charge is -2.25. The SMILES string of the molecule is O=C(Oc1ccc2ccccc2c1-c1c(OP(Oc2ccc3ccccc3c2-c2c(OC(=O)c3ccccc3)ccc3ccccc23)Oc2ccc3ccccc3c2-c2c(OC(=O)c3ccccc3)ccc3ccccc23)ccc2ccccc12)c1ccccc1. The maximum atomic E-state index is 14.3. The fourth-order valence-corrected chi connectivity index (χ4v) is 13.1. The van der Waals surface area contributed by atoms with Crippen LogP contribution in [0.25, 0.3) is 98.0 Å². The molecule has 0 N–H and O–H groups in total. The molecule has 0 fully saturated rings. The first-order chi connectivity index (χ1) is 44.9. The van der Waals surface area contributed by atoms with Crippen molar-refractivity contribution in [2.75, 3.05) is 0 Å². The molecule has 0 radical (unpaired) electrons.